The number of allylic oxidation sites excluding steroid dienone is 2. The van der Waals surface area contributed by atoms with Crippen molar-refractivity contribution >= 4 is 17.5 Å². The number of rotatable bonds is 3. The number of para-hydroxylation sites is 1. The normalized spacial score (nSPS) is 28.6. The van der Waals surface area contributed by atoms with Gasteiger partial charge in [0.2, 0.25) is 11.8 Å². The maximum Gasteiger partial charge on any atom is 0.235 e. The quantitative estimate of drug-likeness (QED) is 0.677. The van der Waals surface area contributed by atoms with Crippen LogP contribution >= 0.6 is 0 Å². The number of carbonyl (C=O) groups excluding carboxylic acids is 2. The minimum Gasteiger partial charge on any atom is -0.367 e. The predicted molar refractivity (Wildman–Crippen MR) is 76.7 cm³/mol. The summed E-state index contributed by atoms with van der Waals surface area (Å²) in [6.45, 7) is 2.26. The average Bonchev–Trinajstić information content (AvgIpc) is 2.71. The fourth-order valence-corrected chi connectivity index (χ4v) is 3.09. The fourth-order valence-electron chi connectivity index (χ4n) is 3.09. The van der Waals surface area contributed by atoms with E-state index in [0.29, 0.717) is 6.42 Å². The van der Waals surface area contributed by atoms with Crippen LogP contribution in [0, 0.1) is 17.8 Å². The molecular weight excluding hydrogens is 252 g/mol. The zero-order chi connectivity index (χ0) is 14.1. The molecule has 0 aromatic heterocycles. The van der Waals surface area contributed by atoms with Crippen molar-refractivity contribution in [2.45, 2.75) is 13.3 Å². The molecule has 3 rings (SSSR count). The van der Waals surface area contributed by atoms with Crippen LogP contribution in [-0.2, 0) is 9.59 Å². The Labute approximate surface area is 118 Å². The molecule has 2 amide bonds. The summed E-state index contributed by atoms with van der Waals surface area (Å²) in [5.74, 6) is -0.281. The minimum absolute atomic E-state index is 0.0414. The lowest BCUT2D eigenvalue weighted by molar-refractivity contribution is -0.139. The summed E-state index contributed by atoms with van der Waals surface area (Å²) >= 11 is 0. The maximum absolute atomic E-state index is 12.4. The highest BCUT2D eigenvalue weighted by molar-refractivity contribution is 6.05. The number of hydrogen-bond acceptors (Lipinski definition) is 3. The van der Waals surface area contributed by atoms with Gasteiger partial charge < -0.3 is 5.32 Å². The van der Waals surface area contributed by atoms with Crippen LogP contribution in [-0.4, -0.2) is 23.4 Å². The number of imide groups is 1. The summed E-state index contributed by atoms with van der Waals surface area (Å²) in [5.41, 5.74) is 0.911. The number of amides is 2. The van der Waals surface area contributed by atoms with E-state index in [4.69, 9.17) is 0 Å². The van der Waals surface area contributed by atoms with Gasteiger partial charge in [-0.15, -0.1) is 0 Å². The first-order chi connectivity index (χ1) is 9.68. The van der Waals surface area contributed by atoms with Gasteiger partial charge in [-0.3, -0.25) is 14.5 Å². The number of anilines is 1. The largest absolute Gasteiger partial charge is 0.367 e. The number of fused-ring (bicyclic) bond motifs is 1. The number of carbonyl (C=O) groups is 2. The fraction of sp³-hybridized carbons (Fsp3) is 0.375. The van der Waals surface area contributed by atoms with E-state index in [1.54, 1.807) is 0 Å². The third kappa shape index (κ3) is 2.11. The zero-order valence-corrected chi connectivity index (χ0v) is 11.5. The second kappa shape index (κ2) is 5.12. The third-order valence-corrected chi connectivity index (χ3v) is 4.18. The van der Waals surface area contributed by atoms with E-state index in [-0.39, 0.29) is 36.2 Å². The molecule has 20 heavy (non-hydrogen) atoms. The molecule has 0 bridgehead atoms. The second-order valence-corrected chi connectivity index (χ2v) is 5.46. The van der Waals surface area contributed by atoms with Crippen LogP contribution in [0.5, 0.6) is 0 Å². The Morgan fingerprint density at radius 2 is 1.95 bits per heavy atom. The lowest BCUT2D eigenvalue weighted by Gasteiger charge is -2.22. The molecule has 2 aliphatic rings. The Morgan fingerprint density at radius 3 is 2.65 bits per heavy atom. The van der Waals surface area contributed by atoms with Crippen molar-refractivity contribution in [3.05, 3.63) is 42.5 Å². The summed E-state index contributed by atoms with van der Waals surface area (Å²) in [5, 5.41) is 3.14. The Kier molecular flexibility index (Phi) is 3.30. The van der Waals surface area contributed by atoms with Gasteiger partial charge in [-0.1, -0.05) is 37.3 Å². The van der Waals surface area contributed by atoms with Crippen molar-refractivity contribution in [2.75, 3.05) is 12.0 Å². The lowest BCUT2D eigenvalue weighted by Crippen LogP contribution is -2.36. The highest BCUT2D eigenvalue weighted by atomic mass is 16.2. The van der Waals surface area contributed by atoms with Gasteiger partial charge in [0.15, 0.2) is 0 Å². The molecule has 1 aromatic carbocycles. The molecule has 4 nitrogen and oxygen atoms in total. The van der Waals surface area contributed by atoms with Gasteiger partial charge in [0.1, 0.15) is 0 Å². The summed E-state index contributed by atoms with van der Waals surface area (Å²) in [4.78, 5) is 26.1. The number of nitrogens with zero attached hydrogens (tertiary/aromatic N) is 1. The molecule has 104 valence electrons. The van der Waals surface area contributed by atoms with E-state index in [2.05, 4.69) is 5.32 Å². The SMILES string of the molecule is C[C@@H]1C=CC[C@@H]2C(=O)N(CNc3ccccc3)C(=O)[C@H]12. The molecule has 1 aliphatic heterocycles. The van der Waals surface area contributed by atoms with E-state index < -0.39 is 0 Å². The van der Waals surface area contributed by atoms with E-state index in [0.717, 1.165) is 5.69 Å². The van der Waals surface area contributed by atoms with E-state index in [9.17, 15) is 9.59 Å². The average molecular weight is 270 g/mol. The lowest BCUT2D eigenvalue weighted by atomic mass is 9.78. The van der Waals surface area contributed by atoms with Crippen molar-refractivity contribution in [1.82, 2.24) is 4.90 Å². The van der Waals surface area contributed by atoms with Crippen LogP contribution in [0.25, 0.3) is 0 Å². The number of hydrogen-bond donors (Lipinski definition) is 1. The van der Waals surface area contributed by atoms with Gasteiger partial charge in [0.25, 0.3) is 0 Å². The first-order valence-corrected chi connectivity index (χ1v) is 6.99. The monoisotopic (exact) mass is 270 g/mol. The van der Waals surface area contributed by atoms with Crippen LogP contribution in [0.2, 0.25) is 0 Å². The highest BCUT2D eigenvalue weighted by Crippen LogP contribution is 2.38. The Hall–Kier alpha value is -2.10. The van der Waals surface area contributed by atoms with Crippen molar-refractivity contribution < 1.29 is 9.59 Å². The number of nitrogens with one attached hydrogen (secondary N) is 1. The van der Waals surface area contributed by atoms with E-state index in [1.807, 2.05) is 49.4 Å². The van der Waals surface area contributed by atoms with Gasteiger partial charge >= 0.3 is 0 Å². The summed E-state index contributed by atoms with van der Waals surface area (Å²) in [6, 6.07) is 9.60. The van der Waals surface area contributed by atoms with E-state index in [1.165, 1.54) is 4.90 Å². The van der Waals surface area contributed by atoms with Crippen molar-refractivity contribution in [3.8, 4) is 0 Å². The van der Waals surface area contributed by atoms with Gasteiger partial charge in [0.05, 0.1) is 18.5 Å². The molecule has 1 aliphatic carbocycles. The van der Waals surface area contributed by atoms with Gasteiger partial charge in [0, 0.05) is 5.69 Å². The summed E-state index contributed by atoms with van der Waals surface area (Å²) < 4.78 is 0. The van der Waals surface area contributed by atoms with Crippen LogP contribution < -0.4 is 5.32 Å². The molecule has 0 spiro atoms. The smallest absolute Gasteiger partial charge is 0.235 e. The van der Waals surface area contributed by atoms with Gasteiger partial charge in [-0.05, 0) is 24.5 Å². The van der Waals surface area contributed by atoms with Crippen molar-refractivity contribution in [2.24, 2.45) is 17.8 Å². The molecular formula is C16H18N2O2. The Balaban J connectivity index is 1.72. The molecule has 1 heterocycles. The molecule has 0 saturated carbocycles. The first kappa shape index (κ1) is 12.9. The Morgan fingerprint density at radius 1 is 1.20 bits per heavy atom. The van der Waals surface area contributed by atoms with Crippen LogP contribution in [0.4, 0.5) is 5.69 Å². The molecule has 1 N–H and O–H groups in total. The molecule has 3 atom stereocenters. The first-order valence-electron chi connectivity index (χ1n) is 6.99. The van der Waals surface area contributed by atoms with Crippen LogP contribution in [0.3, 0.4) is 0 Å². The third-order valence-electron chi connectivity index (χ3n) is 4.18. The molecule has 1 saturated heterocycles. The summed E-state index contributed by atoms with van der Waals surface area (Å²) in [7, 11) is 0. The van der Waals surface area contributed by atoms with E-state index >= 15 is 0 Å². The second-order valence-electron chi connectivity index (χ2n) is 5.46. The predicted octanol–water partition coefficient (Wildman–Crippen LogP) is 2.25. The van der Waals surface area contributed by atoms with Crippen molar-refractivity contribution in [3.63, 3.8) is 0 Å². The van der Waals surface area contributed by atoms with Gasteiger partial charge in [-0.2, -0.15) is 0 Å². The highest BCUT2D eigenvalue weighted by Gasteiger charge is 2.49. The number of likely N-dealkylation sites (tertiary alicyclic amines) is 1. The topological polar surface area (TPSA) is 49.4 Å². The zero-order valence-electron chi connectivity index (χ0n) is 11.5. The summed E-state index contributed by atoms with van der Waals surface area (Å²) in [6.07, 6.45) is 4.74. The number of benzene rings is 1. The molecule has 1 aromatic rings. The maximum atomic E-state index is 12.4. The minimum atomic E-state index is -0.176. The van der Waals surface area contributed by atoms with Crippen molar-refractivity contribution in [1.29, 1.82) is 0 Å². The molecule has 0 unspecified atom stereocenters. The molecule has 1 fully saturated rings. The molecule has 0 radical (unpaired) electrons. The van der Waals surface area contributed by atoms with Crippen LogP contribution in [0.1, 0.15) is 13.3 Å². The van der Waals surface area contributed by atoms with Crippen LogP contribution in [0.15, 0.2) is 42.5 Å². The van der Waals surface area contributed by atoms with Gasteiger partial charge in [-0.25, -0.2) is 0 Å². The standard InChI is InChI=1S/C16H18N2O2/c1-11-6-5-9-13-14(11)16(20)18(15(13)19)10-17-12-7-3-2-4-8-12/h2-8,11,13-14,17H,9-10H2,1H3/t11-,13+,14-/m1/s1. The molecule has 4 heteroatoms. The Bertz CT molecular complexity index is 553.